The molecular weight excluding hydrogens is 396 g/mol. The highest BCUT2D eigenvalue weighted by Crippen LogP contribution is 2.61. The van der Waals surface area contributed by atoms with E-state index in [0.717, 1.165) is 50.5 Å². The molecule has 0 spiro atoms. The first-order valence-corrected chi connectivity index (χ1v) is 12.3. The van der Waals surface area contributed by atoms with Crippen molar-refractivity contribution < 1.29 is 23.8 Å². The highest BCUT2D eigenvalue weighted by molar-refractivity contribution is 5.70. The molecule has 1 saturated heterocycles. The van der Waals surface area contributed by atoms with Crippen LogP contribution in [0.25, 0.3) is 0 Å². The number of likely N-dealkylation sites (N-methyl/N-ethyl adjacent to an activating group) is 1. The Morgan fingerprint density at radius 2 is 1.48 bits per heavy atom. The van der Waals surface area contributed by atoms with E-state index < -0.39 is 6.16 Å². The number of hydrogen-bond acceptors (Lipinski definition) is 7. The Morgan fingerprint density at radius 1 is 0.903 bits per heavy atom. The fraction of sp³-hybridized carbons (Fsp3) is 0.917. The maximum atomic E-state index is 12.5. The van der Waals surface area contributed by atoms with Gasteiger partial charge in [-0.2, -0.15) is 0 Å². The zero-order valence-electron chi connectivity index (χ0n) is 19.4. The summed E-state index contributed by atoms with van der Waals surface area (Å²) in [6.07, 6.45) is 7.72. The maximum absolute atomic E-state index is 12.5. The van der Waals surface area contributed by atoms with Gasteiger partial charge in [0.25, 0.3) is 0 Å². The summed E-state index contributed by atoms with van der Waals surface area (Å²) in [6.45, 7) is 7.60. The van der Waals surface area contributed by atoms with E-state index in [1.807, 2.05) is 6.92 Å². The Kier molecular flexibility index (Phi) is 7.42. The van der Waals surface area contributed by atoms with E-state index >= 15 is 0 Å². The van der Waals surface area contributed by atoms with Crippen LogP contribution in [0.3, 0.4) is 0 Å². The molecule has 176 valence electrons. The van der Waals surface area contributed by atoms with Crippen molar-refractivity contribution in [2.45, 2.75) is 51.9 Å². The smallest absolute Gasteiger partial charge is 0.465 e. The van der Waals surface area contributed by atoms with Crippen molar-refractivity contribution in [1.29, 1.82) is 0 Å². The number of ether oxygens (including phenoxy) is 3. The Balaban J connectivity index is 1.07. The van der Waals surface area contributed by atoms with Crippen molar-refractivity contribution >= 4 is 12.1 Å². The fourth-order valence-corrected chi connectivity index (χ4v) is 6.73. The van der Waals surface area contributed by atoms with Gasteiger partial charge in [-0.05, 0) is 68.7 Å². The van der Waals surface area contributed by atoms with Gasteiger partial charge >= 0.3 is 12.1 Å². The maximum Gasteiger partial charge on any atom is 0.508 e. The average Bonchev–Trinajstić information content (AvgIpc) is 2.71. The molecule has 1 heterocycles. The lowest BCUT2D eigenvalue weighted by Gasteiger charge is -2.56. The van der Waals surface area contributed by atoms with Gasteiger partial charge in [0.05, 0.1) is 13.0 Å². The van der Waals surface area contributed by atoms with Gasteiger partial charge in [-0.1, -0.05) is 6.92 Å². The first-order chi connectivity index (χ1) is 14.9. The van der Waals surface area contributed by atoms with Crippen molar-refractivity contribution in [1.82, 2.24) is 9.80 Å². The van der Waals surface area contributed by atoms with Crippen molar-refractivity contribution in [3.05, 3.63) is 0 Å². The summed E-state index contributed by atoms with van der Waals surface area (Å²) in [5.74, 6) is 2.41. The largest absolute Gasteiger partial charge is 0.508 e. The van der Waals surface area contributed by atoms with Crippen molar-refractivity contribution in [2.24, 2.45) is 29.1 Å². The van der Waals surface area contributed by atoms with Gasteiger partial charge in [0.2, 0.25) is 0 Å². The minimum Gasteiger partial charge on any atom is -0.465 e. The summed E-state index contributed by atoms with van der Waals surface area (Å²) >= 11 is 0. The lowest BCUT2D eigenvalue weighted by atomic mass is 9.49. The molecule has 1 unspecified atom stereocenters. The number of carbonyl (C=O) groups excluding carboxylic acids is 2. The molecule has 0 amide bonds. The number of rotatable bonds is 9. The van der Waals surface area contributed by atoms with Crippen LogP contribution in [0.2, 0.25) is 0 Å². The van der Waals surface area contributed by atoms with Crippen LogP contribution in [0.1, 0.15) is 51.9 Å². The van der Waals surface area contributed by atoms with Crippen LogP contribution < -0.4 is 0 Å². The van der Waals surface area contributed by atoms with E-state index in [9.17, 15) is 9.59 Å². The molecule has 0 N–H and O–H groups in total. The Morgan fingerprint density at radius 3 is 2.10 bits per heavy atom. The van der Waals surface area contributed by atoms with Crippen LogP contribution in [0.5, 0.6) is 0 Å². The Labute approximate surface area is 186 Å². The summed E-state index contributed by atoms with van der Waals surface area (Å²) in [7, 11) is 2.12. The molecule has 31 heavy (non-hydrogen) atoms. The predicted molar refractivity (Wildman–Crippen MR) is 117 cm³/mol. The van der Waals surface area contributed by atoms with E-state index in [4.69, 9.17) is 14.2 Å². The Hall–Kier alpha value is -1.34. The second kappa shape index (κ2) is 10.1. The van der Waals surface area contributed by atoms with Crippen LogP contribution in [0.4, 0.5) is 4.79 Å². The number of hydrogen-bond donors (Lipinski definition) is 0. The van der Waals surface area contributed by atoms with E-state index in [0.29, 0.717) is 19.6 Å². The van der Waals surface area contributed by atoms with Gasteiger partial charge in [0.15, 0.2) is 0 Å². The average molecular weight is 437 g/mol. The summed E-state index contributed by atoms with van der Waals surface area (Å²) in [5.41, 5.74) is 0.207. The normalized spacial score (nSPS) is 33.8. The fourth-order valence-electron chi connectivity index (χ4n) is 6.73. The number of nitrogens with zero attached hydrogens (tertiary/aromatic N) is 2. The highest BCUT2D eigenvalue weighted by atomic mass is 16.7. The van der Waals surface area contributed by atoms with Gasteiger partial charge in [0.1, 0.15) is 13.2 Å². The standard InChI is InChI=1S/C24H40N2O5/c1-18(17-31-23(28)29-8-7-26-5-3-25(2)4-6-26)16-30-22(27)15-24-12-19-9-20(13-24)11-21(10-19)14-24/h18-21H,3-17H2,1-2H3. The summed E-state index contributed by atoms with van der Waals surface area (Å²) in [6, 6.07) is 0. The van der Waals surface area contributed by atoms with Crippen molar-refractivity contribution in [3.8, 4) is 0 Å². The first-order valence-electron chi connectivity index (χ1n) is 12.3. The van der Waals surface area contributed by atoms with Gasteiger partial charge < -0.3 is 19.1 Å². The SMILES string of the molecule is CC(COC(=O)CC12CC3CC(CC(C3)C1)C2)COC(=O)OCCN1CCN(C)CC1. The van der Waals surface area contributed by atoms with Crippen LogP contribution >= 0.6 is 0 Å². The molecule has 5 fully saturated rings. The molecular formula is C24H40N2O5. The summed E-state index contributed by atoms with van der Waals surface area (Å²) in [5, 5.41) is 0. The minimum absolute atomic E-state index is 0.0366. The van der Waals surface area contributed by atoms with Crippen LogP contribution in [-0.4, -0.2) is 81.5 Å². The van der Waals surface area contributed by atoms with E-state index in [1.54, 1.807) is 0 Å². The topological polar surface area (TPSA) is 68.3 Å². The lowest BCUT2D eigenvalue weighted by molar-refractivity contribution is -0.153. The molecule has 4 aliphatic carbocycles. The van der Waals surface area contributed by atoms with Gasteiger partial charge in [0, 0.05) is 38.6 Å². The summed E-state index contributed by atoms with van der Waals surface area (Å²) < 4.78 is 15.9. The quantitative estimate of drug-likeness (QED) is 0.514. The highest BCUT2D eigenvalue weighted by Gasteiger charge is 2.51. The summed E-state index contributed by atoms with van der Waals surface area (Å²) in [4.78, 5) is 28.9. The van der Waals surface area contributed by atoms with Crippen LogP contribution in [0, 0.1) is 29.1 Å². The number of piperazine rings is 1. The molecule has 7 heteroatoms. The molecule has 1 aliphatic heterocycles. The van der Waals surface area contributed by atoms with E-state index in [-0.39, 0.29) is 23.9 Å². The number of esters is 1. The van der Waals surface area contributed by atoms with E-state index in [2.05, 4.69) is 16.8 Å². The molecule has 0 aromatic carbocycles. The molecule has 1 atom stereocenters. The lowest BCUT2D eigenvalue weighted by Crippen LogP contribution is -2.47. The van der Waals surface area contributed by atoms with Crippen LogP contribution in [-0.2, 0) is 19.0 Å². The molecule has 0 aromatic heterocycles. The molecule has 4 saturated carbocycles. The second-order valence-corrected chi connectivity index (χ2v) is 10.9. The molecule has 4 bridgehead atoms. The third-order valence-corrected chi connectivity index (χ3v) is 7.92. The van der Waals surface area contributed by atoms with Gasteiger partial charge in [-0.3, -0.25) is 9.69 Å². The third kappa shape index (κ3) is 6.35. The van der Waals surface area contributed by atoms with Crippen LogP contribution in [0.15, 0.2) is 0 Å². The molecule has 0 radical (unpaired) electrons. The van der Waals surface area contributed by atoms with E-state index in [1.165, 1.54) is 38.5 Å². The second-order valence-electron chi connectivity index (χ2n) is 10.9. The molecule has 5 aliphatic rings. The zero-order chi connectivity index (χ0) is 21.8. The molecule has 5 rings (SSSR count). The monoisotopic (exact) mass is 436 g/mol. The van der Waals surface area contributed by atoms with Crippen molar-refractivity contribution in [2.75, 3.05) is 59.6 Å². The number of carbonyl (C=O) groups is 2. The third-order valence-electron chi connectivity index (χ3n) is 7.92. The zero-order valence-corrected chi connectivity index (χ0v) is 19.4. The van der Waals surface area contributed by atoms with Crippen molar-refractivity contribution in [3.63, 3.8) is 0 Å². The van der Waals surface area contributed by atoms with Gasteiger partial charge in [-0.15, -0.1) is 0 Å². The Bertz CT molecular complexity index is 596. The molecule has 0 aromatic rings. The first kappa shape index (κ1) is 22.8. The predicted octanol–water partition coefficient (Wildman–Crippen LogP) is 3.17. The molecule has 7 nitrogen and oxygen atoms in total. The van der Waals surface area contributed by atoms with Gasteiger partial charge in [-0.25, -0.2) is 4.79 Å². The minimum atomic E-state index is -0.638.